The number of nitrogens with one attached hydrogen (secondary N) is 1. The van der Waals surface area contributed by atoms with Crippen LogP contribution in [0.25, 0.3) is 0 Å². The molecular weight excluding hydrogens is 406 g/mol. The fraction of sp³-hybridized carbons (Fsp3) is 0. The Balaban J connectivity index is 2.42. The van der Waals surface area contributed by atoms with Gasteiger partial charge in [0.1, 0.15) is 5.75 Å². The Hall–Kier alpha value is -1.86. The van der Waals surface area contributed by atoms with Gasteiger partial charge in [-0.05, 0) is 40.2 Å². The average Bonchev–Trinajstić information content (AvgIpc) is 2.41. The molecule has 1 amide bonds. The molecule has 7 heteroatoms. The lowest BCUT2D eigenvalue weighted by Gasteiger charge is -2.12. The topological polar surface area (TPSA) is 86.6 Å². The third-order valence-electron chi connectivity index (χ3n) is 2.67. The first-order valence-corrected chi connectivity index (χ1v) is 7.30. The molecule has 0 unspecified atom stereocenters. The fourth-order valence-corrected chi connectivity index (χ4v) is 3.04. The highest BCUT2D eigenvalue weighted by Gasteiger charge is 2.18. The number of phenols is 1. The Bertz CT molecular complexity index is 731. The summed E-state index contributed by atoms with van der Waals surface area (Å²) in [5.74, 6) is -1.96. The fourth-order valence-electron chi connectivity index (χ4n) is 1.72. The molecule has 0 bridgehead atoms. The number of hydrogen-bond acceptors (Lipinski definition) is 3. The van der Waals surface area contributed by atoms with Gasteiger partial charge in [0.15, 0.2) is 0 Å². The minimum absolute atomic E-state index is 0.0589. The molecule has 108 valence electrons. The van der Waals surface area contributed by atoms with Crippen LogP contribution in [0.5, 0.6) is 5.75 Å². The zero-order valence-corrected chi connectivity index (χ0v) is 13.6. The number of carboxylic acids is 1. The first kappa shape index (κ1) is 15.5. The Morgan fingerprint density at radius 1 is 1.05 bits per heavy atom. The highest BCUT2D eigenvalue weighted by atomic mass is 79.9. The molecule has 21 heavy (non-hydrogen) atoms. The molecule has 5 nitrogen and oxygen atoms in total. The van der Waals surface area contributed by atoms with Crippen LogP contribution in [0, 0.1) is 0 Å². The van der Waals surface area contributed by atoms with Crippen molar-refractivity contribution in [1.29, 1.82) is 0 Å². The number of carbonyl (C=O) groups is 2. The van der Waals surface area contributed by atoms with Gasteiger partial charge in [0.25, 0.3) is 5.91 Å². The summed E-state index contributed by atoms with van der Waals surface area (Å²) in [6, 6.07) is 9.01. The van der Waals surface area contributed by atoms with Crippen molar-refractivity contribution >= 4 is 49.4 Å². The van der Waals surface area contributed by atoms with Crippen LogP contribution in [-0.4, -0.2) is 22.1 Å². The van der Waals surface area contributed by atoms with Crippen molar-refractivity contribution in [2.45, 2.75) is 0 Å². The number of carboxylic acid groups (broad SMARTS) is 1. The van der Waals surface area contributed by atoms with Crippen molar-refractivity contribution in [1.82, 2.24) is 0 Å². The van der Waals surface area contributed by atoms with Crippen molar-refractivity contribution in [3.63, 3.8) is 0 Å². The molecule has 0 aliphatic heterocycles. The highest BCUT2D eigenvalue weighted by molar-refractivity contribution is 9.11. The number of aromatic carboxylic acids is 1. The van der Waals surface area contributed by atoms with Gasteiger partial charge in [-0.25, -0.2) is 4.79 Å². The second-order valence-electron chi connectivity index (χ2n) is 4.09. The lowest BCUT2D eigenvalue weighted by atomic mass is 10.1. The van der Waals surface area contributed by atoms with Crippen molar-refractivity contribution in [3.05, 3.63) is 56.5 Å². The van der Waals surface area contributed by atoms with E-state index in [0.29, 0.717) is 8.95 Å². The minimum Gasteiger partial charge on any atom is -0.507 e. The number of halogens is 2. The van der Waals surface area contributed by atoms with Crippen LogP contribution in [0.4, 0.5) is 5.69 Å². The second-order valence-corrected chi connectivity index (χ2v) is 5.86. The zero-order chi connectivity index (χ0) is 15.6. The summed E-state index contributed by atoms with van der Waals surface area (Å²) in [5, 5.41) is 21.4. The average molecular weight is 415 g/mol. The normalized spacial score (nSPS) is 10.2. The Morgan fingerprint density at radius 2 is 1.71 bits per heavy atom. The number of phenolic OH excluding ortho intramolecular Hbond substituents is 1. The number of rotatable bonds is 3. The largest absolute Gasteiger partial charge is 0.507 e. The number of anilines is 1. The third kappa shape index (κ3) is 3.43. The van der Waals surface area contributed by atoms with Crippen LogP contribution >= 0.6 is 31.9 Å². The third-order valence-corrected chi connectivity index (χ3v) is 3.76. The molecule has 0 aromatic heterocycles. The summed E-state index contributed by atoms with van der Waals surface area (Å²) in [7, 11) is 0. The van der Waals surface area contributed by atoms with Gasteiger partial charge in [0.05, 0.1) is 16.8 Å². The van der Waals surface area contributed by atoms with E-state index in [1.54, 1.807) is 18.2 Å². The molecule has 2 aromatic rings. The maximum absolute atomic E-state index is 12.2. The van der Waals surface area contributed by atoms with Crippen LogP contribution < -0.4 is 5.32 Å². The first-order valence-electron chi connectivity index (χ1n) is 5.72. The van der Waals surface area contributed by atoms with E-state index in [9.17, 15) is 19.8 Å². The lowest BCUT2D eigenvalue weighted by molar-refractivity contribution is 0.0698. The summed E-state index contributed by atoms with van der Waals surface area (Å²) < 4.78 is 0.977. The van der Waals surface area contributed by atoms with Gasteiger partial charge in [0.2, 0.25) is 0 Å². The molecule has 0 atom stereocenters. The van der Waals surface area contributed by atoms with Gasteiger partial charge in [-0.3, -0.25) is 4.79 Å². The maximum atomic E-state index is 12.2. The molecule has 0 radical (unpaired) electrons. The van der Waals surface area contributed by atoms with E-state index in [-0.39, 0.29) is 22.6 Å². The predicted molar refractivity (Wildman–Crippen MR) is 84.9 cm³/mol. The van der Waals surface area contributed by atoms with E-state index in [2.05, 4.69) is 37.2 Å². The zero-order valence-electron chi connectivity index (χ0n) is 10.4. The number of benzene rings is 2. The molecule has 3 N–H and O–H groups in total. The molecule has 0 aliphatic rings. The van der Waals surface area contributed by atoms with Crippen LogP contribution in [0.15, 0.2) is 45.3 Å². The van der Waals surface area contributed by atoms with Crippen molar-refractivity contribution in [2.24, 2.45) is 0 Å². The molecular formula is C14H9Br2NO4. The van der Waals surface area contributed by atoms with E-state index < -0.39 is 11.9 Å². The number of hydrogen-bond donors (Lipinski definition) is 3. The van der Waals surface area contributed by atoms with Crippen LogP contribution in [0.2, 0.25) is 0 Å². The van der Waals surface area contributed by atoms with Gasteiger partial charge in [-0.15, -0.1) is 0 Å². The van der Waals surface area contributed by atoms with Gasteiger partial charge < -0.3 is 15.5 Å². The van der Waals surface area contributed by atoms with Crippen LogP contribution in [0.1, 0.15) is 20.7 Å². The summed E-state index contributed by atoms with van der Waals surface area (Å²) in [5.41, 5.74) is 0.114. The number of amides is 1. The van der Waals surface area contributed by atoms with Gasteiger partial charge >= 0.3 is 5.97 Å². The van der Waals surface area contributed by atoms with Gasteiger partial charge in [-0.1, -0.05) is 28.1 Å². The standard InChI is InChI=1S/C14H9Br2NO4/c15-7-5-9(14(20)21)12(10(16)6-7)17-13(19)8-3-1-2-4-11(8)18/h1-6,18H,(H,17,19)(H,20,21). The summed E-state index contributed by atoms with van der Waals surface area (Å²) in [6.07, 6.45) is 0. The van der Waals surface area contributed by atoms with Crippen LogP contribution in [0.3, 0.4) is 0 Å². The van der Waals surface area contributed by atoms with E-state index >= 15 is 0 Å². The monoisotopic (exact) mass is 413 g/mol. The SMILES string of the molecule is O=C(Nc1c(Br)cc(Br)cc1C(=O)O)c1ccccc1O. The summed E-state index contributed by atoms with van der Waals surface area (Å²) in [6.45, 7) is 0. The smallest absolute Gasteiger partial charge is 0.337 e. The number of carbonyl (C=O) groups excluding carboxylic acids is 1. The minimum atomic E-state index is -1.18. The second kappa shape index (κ2) is 6.28. The maximum Gasteiger partial charge on any atom is 0.337 e. The van der Waals surface area contributed by atoms with E-state index in [1.807, 2.05) is 0 Å². The van der Waals surface area contributed by atoms with Crippen molar-refractivity contribution in [3.8, 4) is 5.75 Å². The quantitative estimate of drug-likeness (QED) is 0.711. The van der Waals surface area contributed by atoms with Gasteiger partial charge in [0, 0.05) is 8.95 Å². The molecule has 0 spiro atoms. The molecule has 0 saturated heterocycles. The lowest BCUT2D eigenvalue weighted by Crippen LogP contribution is -2.15. The van der Waals surface area contributed by atoms with Gasteiger partial charge in [-0.2, -0.15) is 0 Å². The molecule has 0 aliphatic carbocycles. The van der Waals surface area contributed by atoms with Crippen molar-refractivity contribution in [2.75, 3.05) is 5.32 Å². The molecule has 0 fully saturated rings. The Morgan fingerprint density at radius 3 is 2.33 bits per heavy atom. The Labute approximate surface area is 136 Å². The van der Waals surface area contributed by atoms with E-state index in [0.717, 1.165) is 0 Å². The molecule has 2 aromatic carbocycles. The van der Waals surface area contributed by atoms with E-state index in [1.165, 1.54) is 18.2 Å². The number of para-hydroxylation sites is 1. The van der Waals surface area contributed by atoms with Crippen LogP contribution in [-0.2, 0) is 0 Å². The highest BCUT2D eigenvalue weighted by Crippen LogP contribution is 2.31. The summed E-state index contributed by atoms with van der Waals surface area (Å²) in [4.78, 5) is 23.4. The number of aromatic hydroxyl groups is 1. The summed E-state index contributed by atoms with van der Waals surface area (Å²) >= 11 is 6.41. The predicted octanol–water partition coefficient (Wildman–Crippen LogP) is 3.87. The first-order chi connectivity index (χ1) is 9.90. The van der Waals surface area contributed by atoms with Crippen molar-refractivity contribution < 1.29 is 19.8 Å². The molecule has 0 saturated carbocycles. The van der Waals surface area contributed by atoms with E-state index in [4.69, 9.17) is 0 Å². The molecule has 2 rings (SSSR count). The Kier molecular flexibility index (Phi) is 4.64. The molecule has 0 heterocycles.